The molecule has 1 aliphatic heterocycles. The van der Waals surface area contributed by atoms with Crippen LogP contribution in [0.5, 0.6) is 5.75 Å². The second-order valence-electron chi connectivity index (χ2n) is 11.0. The third-order valence-electron chi connectivity index (χ3n) is 8.40. The molecule has 0 bridgehead atoms. The van der Waals surface area contributed by atoms with Crippen LogP contribution in [0.2, 0.25) is 0 Å². The average Bonchev–Trinajstić information content (AvgIpc) is 3.68. The van der Waals surface area contributed by atoms with Gasteiger partial charge in [0.05, 0.1) is 18.7 Å². The highest BCUT2D eigenvalue weighted by molar-refractivity contribution is 5.96. The molecule has 1 aliphatic rings. The number of H-pyrrole nitrogens is 2. The largest absolute Gasteiger partial charge is 0.496 e. The molecule has 44 heavy (non-hydrogen) atoms. The van der Waals surface area contributed by atoms with E-state index in [1.54, 1.807) is 19.2 Å². The number of nitrogens with one attached hydrogen (secondary N) is 4. The smallest absolute Gasteiger partial charge is 0.232 e. The minimum atomic E-state index is -1.31. The number of ether oxygens (including phenoxy) is 1. The van der Waals surface area contributed by atoms with Crippen LogP contribution >= 0.6 is 0 Å². The van der Waals surface area contributed by atoms with Crippen molar-refractivity contribution in [2.24, 2.45) is 0 Å². The van der Waals surface area contributed by atoms with Gasteiger partial charge in [-0.15, -0.1) is 0 Å². The zero-order chi connectivity index (χ0) is 30.7. The molecular formula is C35H34N6O3. The average molecular weight is 587 g/mol. The summed E-state index contributed by atoms with van der Waals surface area (Å²) in [5, 5.41) is 17.9. The number of rotatable bonds is 9. The molecule has 0 radical (unpaired) electrons. The number of benzene rings is 3. The standard InChI is InChI=1S/C35H34N6O3/c1-23(42)40-35(41-16-8-3-9-17-41,29-22-38-30-12-6-5-11-26(29)30)33(28-21-37-31-15-14-24(19-36)18-27(28)31)34(43)39-20-25-10-4-7-13-32(25)44-2/h3-8,10-15,18,21-22,33,37-38H,9,16-17,20H2,1-2H3,(H,39,43)(H,40,42). The van der Waals surface area contributed by atoms with Crippen molar-refractivity contribution in [3.8, 4) is 11.8 Å². The predicted octanol–water partition coefficient (Wildman–Crippen LogP) is 5.18. The van der Waals surface area contributed by atoms with Crippen molar-refractivity contribution < 1.29 is 14.3 Å². The van der Waals surface area contributed by atoms with E-state index in [1.807, 2.05) is 67.0 Å². The summed E-state index contributed by atoms with van der Waals surface area (Å²) in [5.74, 6) is -0.826. The van der Waals surface area contributed by atoms with Gasteiger partial charge in [0, 0.05) is 71.9 Å². The summed E-state index contributed by atoms with van der Waals surface area (Å²) in [7, 11) is 1.60. The van der Waals surface area contributed by atoms with Crippen LogP contribution in [0.25, 0.3) is 21.8 Å². The van der Waals surface area contributed by atoms with Crippen molar-refractivity contribution in [3.05, 3.63) is 114 Å². The summed E-state index contributed by atoms with van der Waals surface area (Å²) in [6, 6.07) is 23.1. The van der Waals surface area contributed by atoms with Gasteiger partial charge in [0.25, 0.3) is 0 Å². The van der Waals surface area contributed by atoms with Crippen LogP contribution in [-0.2, 0) is 21.8 Å². The van der Waals surface area contributed by atoms with Gasteiger partial charge in [-0.2, -0.15) is 5.26 Å². The molecule has 3 aromatic carbocycles. The minimum absolute atomic E-state index is 0.217. The molecule has 0 saturated heterocycles. The van der Waals surface area contributed by atoms with E-state index < -0.39 is 11.6 Å². The lowest BCUT2D eigenvalue weighted by Crippen LogP contribution is -2.64. The summed E-state index contributed by atoms with van der Waals surface area (Å²) in [5.41, 5.74) is 3.12. The Bertz CT molecular complexity index is 1910. The molecule has 9 heteroatoms. The van der Waals surface area contributed by atoms with Crippen LogP contribution in [0.4, 0.5) is 0 Å². The lowest BCUT2D eigenvalue weighted by atomic mass is 9.77. The maximum Gasteiger partial charge on any atom is 0.232 e. The van der Waals surface area contributed by atoms with Crippen molar-refractivity contribution in [1.29, 1.82) is 5.26 Å². The Morgan fingerprint density at radius 2 is 1.80 bits per heavy atom. The maximum atomic E-state index is 14.9. The Hall–Kier alpha value is -5.33. The number of fused-ring (bicyclic) bond motifs is 2. The van der Waals surface area contributed by atoms with Gasteiger partial charge in [-0.1, -0.05) is 48.6 Å². The summed E-state index contributed by atoms with van der Waals surface area (Å²) in [4.78, 5) is 37.0. The molecule has 6 rings (SSSR count). The zero-order valence-electron chi connectivity index (χ0n) is 24.7. The summed E-state index contributed by atoms with van der Waals surface area (Å²) in [6.45, 7) is 2.82. The van der Waals surface area contributed by atoms with Gasteiger partial charge in [0.15, 0.2) is 0 Å². The molecule has 5 aromatic rings. The number of hydrogen-bond donors (Lipinski definition) is 4. The van der Waals surface area contributed by atoms with Crippen molar-refractivity contribution in [2.75, 3.05) is 20.2 Å². The highest BCUT2D eigenvalue weighted by Gasteiger charge is 2.52. The maximum absolute atomic E-state index is 14.9. The SMILES string of the molecule is COc1ccccc1CNC(=O)C(c1c[nH]c2ccc(C#N)cc12)C(NC(C)=O)(c1c[nH]c2ccccc12)N1CC=CCC1. The Morgan fingerprint density at radius 3 is 2.57 bits per heavy atom. The molecule has 2 amide bonds. The Morgan fingerprint density at radius 1 is 1.02 bits per heavy atom. The van der Waals surface area contributed by atoms with E-state index >= 15 is 0 Å². The third kappa shape index (κ3) is 5.10. The molecule has 0 aliphatic carbocycles. The first-order valence-electron chi connectivity index (χ1n) is 14.6. The number of carbonyl (C=O) groups excluding carboxylic acids is 2. The Labute approximate surface area is 255 Å². The second kappa shape index (κ2) is 12.1. The Balaban J connectivity index is 1.61. The first kappa shape index (κ1) is 28.8. The molecule has 2 unspecified atom stereocenters. The van der Waals surface area contributed by atoms with Crippen LogP contribution in [0, 0.1) is 11.3 Å². The van der Waals surface area contributed by atoms with E-state index in [1.165, 1.54) is 6.92 Å². The monoisotopic (exact) mass is 586 g/mol. The van der Waals surface area contributed by atoms with Crippen LogP contribution in [0.3, 0.4) is 0 Å². The van der Waals surface area contributed by atoms with Crippen molar-refractivity contribution in [1.82, 2.24) is 25.5 Å². The number of methoxy groups -OCH3 is 1. The molecule has 9 nitrogen and oxygen atoms in total. The normalized spacial score (nSPS) is 15.4. The second-order valence-corrected chi connectivity index (χ2v) is 11.0. The number of nitrogens with zero attached hydrogens (tertiary/aromatic N) is 2. The van der Waals surface area contributed by atoms with Crippen molar-refractivity contribution >= 4 is 33.6 Å². The van der Waals surface area contributed by atoms with Crippen molar-refractivity contribution in [3.63, 3.8) is 0 Å². The number of aromatic nitrogens is 2. The number of carbonyl (C=O) groups is 2. The van der Waals surface area contributed by atoms with Crippen LogP contribution in [0.15, 0.2) is 91.3 Å². The van der Waals surface area contributed by atoms with E-state index in [4.69, 9.17) is 4.74 Å². The first-order valence-corrected chi connectivity index (χ1v) is 14.6. The summed E-state index contributed by atoms with van der Waals surface area (Å²) >= 11 is 0. The first-order chi connectivity index (χ1) is 21.5. The van der Waals surface area contributed by atoms with Gasteiger partial charge in [0.1, 0.15) is 17.3 Å². The van der Waals surface area contributed by atoms with Crippen molar-refractivity contribution in [2.45, 2.75) is 31.5 Å². The number of para-hydroxylation sites is 2. The van der Waals surface area contributed by atoms with Gasteiger partial charge >= 0.3 is 0 Å². The fraction of sp³-hybridized carbons (Fsp3) is 0.229. The fourth-order valence-electron chi connectivity index (χ4n) is 6.48. The topological polar surface area (TPSA) is 126 Å². The minimum Gasteiger partial charge on any atom is -0.496 e. The third-order valence-corrected chi connectivity index (χ3v) is 8.40. The fourth-order valence-corrected chi connectivity index (χ4v) is 6.48. The zero-order valence-corrected chi connectivity index (χ0v) is 24.7. The lowest BCUT2D eigenvalue weighted by molar-refractivity contribution is -0.132. The highest BCUT2D eigenvalue weighted by Crippen LogP contribution is 2.46. The molecular weight excluding hydrogens is 552 g/mol. The molecule has 222 valence electrons. The number of nitriles is 1. The summed E-state index contributed by atoms with van der Waals surface area (Å²) < 4.78 is 5.55. The van der Waals surface area contributed by atoms with Crippen LogP contribution in [0.1, 0.15) is 41.5 Å². The van der Waals surface area contributed by atoms with E-state index in [-0.39, 0.29) is 18.4 Å². The van der Waals surface area contributed by atoms with Gasteiger partial charge in [-0.25, -0.2) is 0 Å². The molecule has 0 fully saturated rings. The molecule has 2 atom stereocenters. The van der Waals surface area contributed by atoms with E-state index in [9.17, 15) is 14.9 Å². The van der Waals surface area contributed by atoms with Gasteiger partial charge in [0.2, 0.25) is 11.8 Å². The lowest BCUT2D eigenvalue weighted by Gasteiger charge is -2.49. The van der Waals surface area contributed by atoms with Gasteiger partial charge < -0.3 is 25.3 Å². The molecule has 2 aromatic heterocycles. The quantitative estimate of drug-likeness (QED) is 0.177. The molecule has 0 spiro atoms. The van der Waals surface area contributed by atoms with E-state index in [0.29, 0.717) is 30.0 Å². The Kier molecular flexibility index (Phi) is 7.92. The highest BCUT2D eigenvalue weighted by atomic mass is 16.5. The summed E-state index contributed by atoms with van der Waals surface area (Å²) in [6.07, 6.45) is 8.67. The van der Waals surface area contributed by atoms with Crippen LogP contribution < -0.4 is 15.4 Å². The van der Waals surface area contributed by atoms with E-state index in [2.05, 4.69) is 43.7 Å². The van der Waals surface area contributed by atoms with Gasteiger partial charge in [-0.3, -0.25) is 14.5 Å². The van der Waals surface area contributed by atoms with E-state index in [0.717, 1.165) is 39.4 Å². The number of hydrogen-bond acceptors (Lipinski definition) is 5. The van der Waals surface area contributed by atoms with Gasteiger partial charge in [-0.05, 0) is 42.3 Å². The number of amides is 2. The molecule has 0 saturated carbocycles. The number of aromatic amines is 2. The predicted molar refractivity (Wildman–Crippen MR) is 170 cm³/mol. The van der Waals surface area contributed by atoms with Crippen LogP contribution in [-0.4, -0.2) is 46.9 Å². The molecule has 3 heterocycles. The molecule has 4 N–H and O–H groups in total.